The summed E-state index contributed by atoms with van der Waals surface area (Å²) < 4.78 is 5.00. The molecule has 0 saturated heterocycles. The van der Waals surface area contributed by atoms with Crippen LogP contribution in [0.1, 0.15) is 41.5 Å². The molecule has 0 amide bonds. The van der Waals surface area contributed by atoms with Gasteiger partial charge >= 0.3 is 0 Å². The van der Waals surface area contributed by atoms with Crippen LogP contribution in [-0.4, -0.2) is 8.80 Å². The van der Waals surface area contributed by atoms with Crippen LogP contribution in [-0.2, 0) is 0 Å². The van der Waals surface area contributed by atoms with Crippen molar-refractivity contribution in [1.29, 1.82) is 0 Å². The highest BCUT2D eigenvalue weighted by Crippen LogP contribution is 2.51. The molecule has 0 unspecified atom stereocenters. The SMILES string of the molecule is CC.CC.CC.c1ccc2c(c1)c1c3c4ccccc4n4c5ccccc5c(c5c6ccccc6n2c15)c34. The van der Waals surface area contributed by atoms with Crippen molar-refractivity contribution in [3.63, 3.8) is 0 Å². The fraction of sp³-hybridized carbons (Fsp3) is 0.167. The van der Waals surface area contributed by atoms with Gasteiger partial charge in [-0.05, 0) is 24.3 Å². The number of nitrogens with zero attached hydrogens (tertiary/aromatic N) is 2. The monoisotopic (exact) mass is 494 g/mol. The standard InChI is InChI=1S/C30H16N2.3C2H6/c1-5-13-21-17(9-1)25-26-18-10-2-7-15-23(18)32-24-16-8-4-12-20(24)28(30(26)32)27-19-11-3-6-14-22(19)31(21)29(25)27;3*1-2/h1-16H;3*1-2H3. The third-order valence-electron chi connectivity index (χ3n) is 7.55. The van der Waals surface area contributed by atoms with E-state index >= 15 is 0 Å². The zero-order valence-electron chi connectivity index (χ0n) is 23.1. The fourth-order valence-corrected chi connectivity index (χ4v) is 6.48. The van der Waals surface area contributed by atoms with Crippen LogP contribution in [0.5, 0.6) is 0 Å². The van der Waals surface area contributed by atoms with E-state index in [0.717, 1.165) is 0 Å². The lowest BCUT2D eigenvalue weighted by Crippen LogP contribution is -1.79. The lowest BCUT2D eigenvalue weighted by atomic mass is 9.98. The van der Waals surface area contributed by atoms with Gasteiger partial charge < -0.3 is 8.80 Å². The summed E-state index contributed by atoms with van der Waals surface area (Å²) in [5.41, 5.74) is 7.87. The Morgan fingerprint density at radius 3 is 0.763 bits per heavy atom. The average Bonchev–Trinajstić information content (AvgIpc) is 3.73. The van der Waals surface area contributed by atoms with E-state index in [1.54, 1.807) is 0 Å². The highest BCUT2D eigenvalue weighted by Gasteiger charge is 2.27. The molecular formula is C36H34N2. The summed E-state index contributed by atoms with van der Waals surface area (Å²) in [7, 11) is 0. The van der Waals surface area contributed by atoms with E-state index in [4.69, 9.17) is 0 Å². The van der Waals surface area contributed by atoms with Gasteiger partial charge in [-0.1, -0.05) is 114 Å². The summed E-state index contributed by atoms with van der Waals surface area (Å²) >= 11 is 0. The first-order valence-corrected chi connectivity index (χ1v) is 14.2. The van der Waals surface area contributed by atoms with Crippen LogP contribution in [0.4, 0.5) is 0 Å². The molecule has 9 aromatic rings. The van der Waals surface area contributed by atoms with Crippen LogP contribution < -0.4 is 0 Å². The van der Waals surface area contributed by atoms with Crippen LogP contribution >= 0.6 is 0 Å². The Morgan fingerprint density at radius 1 is 0.316 bits per heavy atom. The predicted octanol–water partition coefficient (Wildman–Crippen LogP) is 11.1. The second-order valence-corrected chi connectivity index (χ2v) is 8.94. The molecule has 4 heterocycles. The Kier molecular flexibility index (Phi) is 5.84. The minimum absolute atomic E-state index is 1.29. The maximum Gasteiger partial charge on any atom is 0.0634 e. The summed E-state index contributed by atoms with van der Waals surface area (Å²) in [6, 6.07) is 35.6. The summed E-state index contributed by atoms with van der Waals surface area (Å²) in [5.74, 6) is 0. The Hall–Kier alpha value is -4.30. The molecule has 0 fully saturated rings. The molecule has 38 heavy (non-hydrogen) atoms. The number of fused-ring (bicyclic) bond motifs is 14. The zero-order chi connectivity index (χ0) is 26.6. The molecule has 0 aliphatic rings. The maximum absolute atomic E-state index is 2.50. The quantitative estimate of drug-likeness (QED) is 0.198. The van der Waals surface area contributed by atoms with Crippen molar-refractivity contribution in [3.05, 3.63) is 97.1 Å². The number of hydrogen-bond acceptors (Lipinski definition) is 0. The summed E-state index contributed by atoms with van der Waals surface area (Å²) in [4.78, 5) is 0. The third-order valence-corrected chi connectivity index (χ3v) is 7.55. The highest BCUT2D eigenvalue weighted by molar-refractivity contribution is 6.45. The molecule has 0 spiro atoms. The number of benzene rings is 5. The van der Waals surface area contributed by atoms with Crippen LogP contribution in [0.2, 0.25) is 0 Å². The van der Waals surface area contributed by atoms with Crippen molar-refractivity contribution in [2.24, 2.45) is 0 Å². The minimum atomic E-state index is 1.29. The van der Waals surface area contributed by atoms with Gasteiger partial charge in [-0.3, -0.25) is 0 Å². The third kappa shape index (κ3) is 2.78. The van der Waals surface area contributed by atoms with Crippen LogP contribution in [0.25, 0.3) is 76.2 Å². The molecule has 0 aliphatic carbocycles. The van der Waals surface area contributed by atoms with E-state index in [9.17, 15) is 0 Å². The normalized spacial score (nSPS) is 11.4. The average molecular weight is 495 g/mol. The van der Waals surface area contributed by atoms with Gasteiger partial charge in [0.05, 0.1) is 33.1 Å². The molecular weight excluding hydrogens is 460 g/mol. The second-order valence-electron chi connectivity index (χ2n) is 8.94. The molecule has 188 valence electrons. The highest BCUT2D eigenvalue weighted by atomic mass is 14.9. The minimum Gasteiger partial charge on any atom is -0.308 e. The first-order chi connectivity index (χ1) is 18.9. The molecule has 9 rings (SSSR count). The Balaban J connectivity index is 0.000000415. The number of para-hydroxylation sites is 4. The topological polar surface area (TPSA) is 8.82 Å². The molecule has 0 bridgehead atoms. The van der Waals surface area contributed by atoms with Gasteiger partial charge in [0, 0.05) is 43.1 Å². The molecule has 2 nitrogen and oxygen atoms in total. The lowest BCUT2D eigenvalue weighted by molar-refractivity contribution is 1.37. The largest absolute Gasteiger partial charge is 0.308 e. The van der Waals surface area contributed by atoms with E-state index < -0.39 is 0 Å². The van der Waals surface area contributed by atoms with Crippen molar-refractivity contribution in [3.8, 4) is 0 Å². The van der Waals surface area contributed by atoms with Gasteiger partial charge in [-0.2, -0.15) is 0 Å². The smallest absolute Gasteiger partial charge is 0.0634 e. The maximum atomic E-state index is 2.50. The Morgan fingerprint density at radius 2 is 0.526 bits per heavy atom. The van der Waals surface area contributed by atoms with Crippen molar-refractivity contribution in [2.75, 3.05) is 0 Å². The van der Waals surface area contributed by atoms with Gasteiger partial charge in [0.25, 0.3) is 0 Å². The first kappa shape index (κ1) is 24.1. The summed E-state index contributed by atoms with van der Waals surface area (Å²) in [6.07, 6.45) is 0. The fourth-order valence-electron chi connectivity index (χ4n) is 6.48. The van der Waals surface area contributed by atoms with Crippen molar-refractivity contribution in [1.82, 2.24) is 8.80 Å². The summed E-state index contributed by atoms with van der Waals surface area (Å²) in [5, 5.41) is 10.9. The first-order valence-electron chi connectivity index (χ1n) is 14.2. The van der Waals surface area contributed by atoms with E-state index in [2.05, 4.69) is 106 Å². The predicted molar refractivity (Wildman–Crippen MR) is 170 cm³/mol. The van der Waals surface area contributed by atoms with E-state index in [-0.39, 0.29) is 0 Å². The van der Waals surface area contributed by atoms with Crippen molar-refractivity contribution >= 4 is 76.2 Å². The molecule has 5 aromatic carbocycles. The van der Waals surface area contributed by atoms with Gasteiger partial charge in [-0.25, -0.2) is 0 Å². The van der Waals surface area contributed by atoms with Gasteiger partial charge in [0.2, 0.25) is 0 Å². The second kappa shape index (κ2) is 9.22. The molecule has 0 saturated carbocycles. The molecule has 4 aromatic heterocycles. The van der Waals surface area contributed by atoms with Crippen LogP contribution in [0, 0.1) is 0 Å². The van der Waals surface area contributed by atoms with E-state index in [1.807, 2.05) is 41.5 Å². The number of rotatable bonds is 0. The molecule has 0 N–H and O–H groups in total. The summed E-state index contributed by atoms with van der Waals surface area (Å²) in [6.45, 7) is 12.0. The molecule has 0 aliphatic heterocycles. The Bertz CT molecular complexity index is 1880. The number of hydrogen-bond donors (Lipinski definition) is 0. The molecule has 0 radical (unpaired) electrons. The van der Waals surface area contributed by atoms with Gasteiger partial charge in [-0.15, -0.1) is 0 Å². The van der Waals surface area contributed by atoms with E-state index in [0.29, 0.717) is 0 Å². The lowest BCUT2D eigenvalue weighted by Gasteiger charge is -2.02. The van der Waals surface area contributed by atoms with Gasteiger partial charge in [0.15, 0.2) is 0 Å². The Labute approximate surface area is 223 Å². The number of aromatic nitrogens is 2. The van der Waals surface area contributed by atoms with E-state index in [1.165, 1.54) is 76.2 Å². The molecule has 0 atom stereocenters. The van der Waals surface area contributed by atoms with Gasteiger partial charge in [0.1, 0.15) is 0 Å². The van der Waals surface area contributed by atoms with Crippen molar-refractivity contribution < 1.29 is 0 Å². The molecule has 2 heteroatoms. The van der Waals surface area contributed by atoms with Crippen LogP contribution in [0.3, 0.4) is 0 Å². The van der Waals surface area contributed by atoms with Crippen LogP contribution in [0.15, 0.2) is 97.1 Å². The van der Waals surface area contributed by atoms with Crippen molar-refractivity contribution in [2.45, 2.75) is 41.5 Å². The zero-order valence-corrected chi connectivity index (χ0v) is 23.1.